The minimum atomic E-state index is -0.448. The molecule has 0 fully saturated rings. The van der Waals surface area contributed by atoms with Gasteiger partial charge in [0.15, 0.2) is 0 Å². The van der Waals surface area contributed by atoms with Gasteiger partial charge in [0.2, 0.25) is 0 Å². The first-order valence-electron chi connectivity index (χ1n) is 7.11. The normalized spacial score (nSPS) is 12.2. The predicted octanol–water partition coefficient (Wildman–Crippen LogP) is 4.22. The van der Waals surface area contributed by atoms with E-state index in [2.05, 4.69) is 12.2 Å². The van der Waals surface area contributed by atoms with Crippen LogP contribution in [-0.2, 0) is 0 Å². The lowest BCUT2D eigenvalue weighted by Gasteiger charge is -2.14. The summed E-state index contributed by atoms with van der Waals surface area (Å²) in [6.45, 7) is 5.95. The highest BCUT2D eigenvalue weighted by atomic mass is 19.1. The van der Waals surface area contributed by atoms with Crippen molar-refractivity contribution in [3.8, 4) is 0 Å². The molecule has 1 atom stereocenters. The quantitative estimate of drug-likeness (QED) is 0.735. The second-order valence-corrected chi connectivity index (χ2v) is 5.21. The Balaban J connectivity index is 2.45. The van der Waals surface area contributed by atoms with Crippen molar-refractivity contribution in [1.82, 2.24) is 5.32 Å². The smallest absolute Gasteiger partial charge is 0.254 e. The summed E-state index contributed by atoms with van der Waals surface area (Å²) in [5.41, 5.74) is 0.952. The van der Waals surface area contributed by atoms with Crippen LogP contribution in [0.3, 0.4) is 0 Å². The van der Waals surface area contributed by atoms with Crippen LogP contribution < -0.4 is 5.32 Å². The van der Waals surface area contributed by atoms with Crippen LogP contribution in [-0.4, -0.2) is 11.9 Å². The summed E-state index contributed by atoms with van der Waals surface area (Å²) < 4.78 is 13.6. The maximum absolute atomic E-state index is 13.6. The van der Waals surface area contributed by atoms with E-state index in [9.17, 15) is 9.18 Å². The third kappa shape index (κ3) is 5.41. The van der Waals surface area contributed by atoms with Gasteiger partial charge in [-0.25, -0.2) is 4.39 Å². The number of carbonyl (C=O) groups is 1. The minimum Gasteiger partial charge on any atom is -0.349 e. The third-order valence-electron chi connectivity index (χ3n) is 3.24. The first-order valence-corrected chi connectivity index (χ1v) is 7.11. The van der Waals surface area contributed by atoms with Gasteiger partial charge >= 0.3 is 0 Å². The van der Waals surface area contributed by atoms with Crippen LogP contribution in [0.2, 0.25) is 0 Å². The lowest BCUT2D eigenvalue weighted by atomic mass is 10.1. The summed E-state index contributed by atoms with van der Waals surface area (Å²) in [5, 5.41) is 2.85. The number of nitrogens with one attached hydrogen (secondary N) is 1. The van der Waals surface area contributed by atoms with Gasteiger partial charge in [0.1, 0.15) is 5.82 Å². The van der Waals surface area contributed by atoms with Crippen molar-refractivity contribution in [1.29, 1.82) is 0 Å². The highest BCUT2D eigenvalue weighted by Gasteiger charge is 2.13. The van der Waals surface area contributed by atoms with Crippen molar-refractivity contribution >= 4 is 5.91 Å². The molecule has 0 bridgehead atoms. The Morgan fingerprint density at radius 2 is 2.05 bits per heavy atom. The molecule has 0 aliphatic rings. The fraction of sp³-hybridized carbons (Fsp3) is 0.562. The molecule has 0 saturated heterocycles. The van der Waals surface area contributed by atoms with Crippen molar-refractivity contribution < 1.29 is 9.18 Å². The first-order chi connectivity index (χ1) is 9.04. The number of hydrogen-bond donors (Lipinski definition) is 1. The summed E-state index contributed by atoms with van der Waals surface area (Å²) in [6.07, 6.45) is 5.67. The molecule has 0 radical (unpaired) electrons. The van der Waals surface area contributed by atoms with Crippen LogP contribution in [0, 0.1) is 12.7 Å². The number of amides is 1. The molecule has 1 aromatic carbocycles. The van der Waals surface area contributed by atoms with E-state index in [4.69, 9.17) is 0 Å². The SMILES string of the molecule is CCCCCCC(C)NC(=O)c1ccc(C)cc1F. The van der Waals surface area contributed by atoms with Crippen LogP contribution >= 0.6 is 0 Å². The van der Waals surface area contributed by atoms with Crippen LogP contribution in [0.25, 0.3) is 0 Å². The molecule has 0 heterocycles. The van der Waals surface area contributed by atoms with Gasteiger partial charge in [-0.2, -0.15) is 0 Å². The van der Waals surface area contributed by atoms with Gasteiger partial charge in [0, 0.05) is 6.04 Å². The Morgan fingerprint density at radius 1 is 1.32 bits per heavy atom. The number of carbonyl (C=O) groups excluding carboxylic acids is 1. The second kappa shape index (κ2) is 7.93. The summed E-state index contributed by atoms with van der Waals surface area (Å²) in [5.74, 6) is -0.767. The van der Waals surface area contributed by atoms with Gasteiger partial charge in [-0.3, -0.25) is 4.79 Å². The Bertz CT molecular complexity index is 417. The number of hydrogen-bond acceptors (Lipinski definition) is 1. The fourth-order valence-electron chi connectivity index (χ4n) is 2.06. The number of unbranched alkanes of at least 4 members (excludes halogenated alkanes) is 3. The third-order valence-corrected chi connectivity index (χ3v) is 3.24. The highest BCUT2D eigenvalue weighted by Crippen LogP contribution is 2.11. The van der Waals surface area contributed by atoms with Crippen molar-refractivity contribution in [2.24, 2.45) is 0 Å². The Hall–Kier alpha value is -1.38. The molecule has 0 aliphatic carbocycles. The summed E-state index contributed by atoms with van der Waals surface area (Å²) in [6, 6.07) is 4.78. The molecule has 3 heteroatoms. The van der Waals surface area contributed by atoms with Crippen molar-refractivity contribution in [3.05, 3.63) is 35.1 Å². The topological polar surface area (TPSA) is 29.1 Å². The van der Waals surface area contributed by atoms with Crippen molar-refractivity contribution in [3.63, 3.8) is 0 Å². The zero-order chi connectivity index (χ0) is 14.3. The zero-order valence-electron chi connectivity index (χ0n) is 12.1. The van der Waals surface area contributed by atoms with Crippen LogP contribution in [0.15, 0.2) is 18.2 Å². The van der Waals surface area contributed by atoms with Gasteiger partial charge in [-0.15, -0.1) is 0 Å². The van der Waals surface area contributed by atoms with Crippen molar-refractivity contribution in [2.75, 3.05) is 0 Å². The van der Waals surface area contributed by atoms with E-state index in [1.165, 1.54) is 25.3 Å². The lowest BCUT2D eigenvalue weighted by Crippen LogP contribution is -2.33. The molecule has 0 spiro atoms. The van der Waals surface area contributed by atoms with Gasteiger partial charge < -0.3 is 5.32 Å². The molecule has 2 nitrogen and oxygen atoms in total. The fourth-order valence-corrected chi connectivity index (χ4v) is 2.06. The lowest BCUT2D eigenvalue weighted by molar-refractivity contribution is 0.0934. The Morgan fingerprint density at radius 3 is 2.68 bits per heavy atom. The monoisotopic (exact) mass is 265 g/mol. The molecule has 1 rings (SSSR count). The van der Waals surface area contributed by atoms with E-state index >= 15 is 0 Å². The maximum Gasteiger partial charge on any atom is 0.254 e. The van der Waals surface area contributed by atoms with Gasteiger partial charge in [0.05, 0.1) is 5.56 Å². The molecule has 1 aromatic rings. The maximum atomic E-state index is 13.6. The number of halogens is 1. The van der Waals surface area contributed by atoms with E-state index in [0.29, 0.717) is 0 Å². The summed E-state index contributed by atoms with van der Waals surface area (Å²) in [7, 11) is 0. The molecular weight excluding hydrogens is 241 g/mol. The van der Waals surface area contributed by atoms with Gasteiger partial charge in [-0.05, 0) is 38.0 Å². The highest BCUT2D eigenvalue weighted by molar-refractivity contribution is 5.94. The molecule has 106 valence electrons. The van der Waals surface area contributed by atoms with Crippen LogP contribution in [0.1, 0.15) is 61.9 Å². The number of benzene rings is 1. The minimum absolute atomic E-state index is 0.0880. The first kappa shape index (κ1) is 15.7. The predicted molar refractivity (Wildman–Crippen MR) is 76.8 cm³/mol. The van der Waals surface area contributed by atoms with Gasteiger partial charge in [0.25, 0.3) is 5.91 Å². The van der Waals surface area contributed by atoms with E-state index in [0.717, 1.165) is 18.4 Å². The average molecular weight is 265 g/mol. The molecule has 0 aromatic heterocycles. The average Bonchev–Trinajstić information content (AvgIpc) is 2.34. The molecule has 1 N–H and O–H groups in total. The van der Waals surface area contributed by atoms with E-state index < -0.39 is 5.82 Å². The molecular formula is C16H24FNO. The van der Waals surface area contributed by atoms with E-state index in [1.54, 1.807) is 19.1 Å². The van der Waals surface area contributed by atoms with Crippen molar-refractivity contribution in [2.45, 2.75) is 58.9 Å². The van der Waals surface area contributed by atoms with Gasteiger partial charge in [-0.1, -0.05) is 38.7 Å². The molecule has 1 unspecified atom stereocenters. The second-order valence-electron chi connectivity index (χ2n) is 5.21. The standard InChI is InChI=1S/C16H24FNO/c1-4-5-6-7-8-13(3)18-16(19)14-10-9-12(2)11-15(14)17/h9-11,13H,4-8H2,1-3H3,(H,18,19). The van der Waals surface area contributed by atoms with E-state index in [-0.39, 0.29) is 17.5 Å². The molecule has 0 saturated carbocycles. The molecule has 0 aliphatic heterocycles. The summed E-state index contributed by atoms with van der Waals surface area (Å²) >= 11 is 0. The number of rotatable bonds is 7. The molecule has 19 heavy (non-hydrogen) atoms. The summed E-state index contributed by atoms with van der Waals surface area (Å²) in [4.78, 5) is 11.9. The van der Waals surface area contributed by atoms with Crippen LogP contribution in [0.4, 0.5) is 4.39 Å². The zero-order valence-corrected chi connectivity index (χ0v) is 12.1. The molecule has 1 amide bonds. The Kier molecular flexibility index (Phi) is 6.54. The number of aryl methyl sites for hydroxylation is 1. The Labute approximate surface area is 115 Å². The van der Waals surface area contributed by atoms with Crippen LogP contribution in [0.5, 0.6) is 0 Å². The van der Waals surface area contributed by atoms with E-state index in [1.807, 2.05) is 6.92 Å². The largest absolute Gasteiger partial charge is 0.349 e.